The van der Waals surface area contributed by atoms with Gasteiger partial charge in [0.05, 0.1) is 0 Å². The van der Waals surface area contributed by atoms with Gasteiger partial charge in [-0.05, 0) is 36.7 Å². The van der Waals surface area contributed by atoms with E-state index in [1.807, 2.05) is 0 Å². The third-order valence-corrected chi connectivity index (χ3v) is 2.35. The molecule has 16 heavy (non-hydrogen) atoms. The van der Waals surface area contributed by atoms with E-state index in [1.165, 1.54) is 12.4 Å². The Balaban J connectivity index is 2.90. The zero-order valence-corrected chi connectivity index (χ0v) is 10.9. The van der Waals surface area contributed by atoms with Crippen LogP contribution >= 0.6 is 15.9 Å². The van der Waals surface area contributed by atoms with Crippen LogP contribution in [0.2, 0.25) is 0 Å². The topological polar surface area (TPSA) is 71.7 Å². The maximum Gasteiger partial charge on any atom is 0.491 e. The van der Waals surface area contributed by atoms with Crippen LogP contribution in [0.4, 0.5) is 4.79 Å². The molecule has 0 fully saturated rings. The Morgan fingerprint density at radius 1 is 1.44 bits per heavy atom. The molecule has 0 bridgehead atoms. The Bertz CT molecular complexity index is 397. The maximum atomic E-state index is 11.6. The first-order chi connectivity index (χ1) is 7.20. The predicted octanol–water partition coefficient (Wildman–Crippen LogP) is 0.714. The summed E-state index contributed by atoms with van der Waals surface area (Å²) in [6.45, 7) is 5.27. The third-order valence-electron chi connectivity index (χ3n) is 1.69. The van der Waals surface area contributed by atoms with Crippen LogP contribution in [-0.2, 0) is 4.74 Å². The number of hydrogen-bond donors (Lipinski definition) is 2. The molecule has 1 aromatic rings. The molecule has 0 saturated heterocycles. The summed E-state index contributed by atoms with van der Waals surface area (Å²) >= 11 is 3.12. The summed E-state index contributed by atoms with van der Waals surface area (Å²) < 4.78 is 6.71. The average Bonchev–Trinajstić information content (AvgIpc) is 2.44. The lowest BCUT2D eigenvalue weighted by Crippen LogP contribution is -2.30. The van der Waals surface area contributed by atoms with Crippen LogP contribution in [0.25, 0.3) is 0 Å². The molecule has 1 aromatic heterocycles. The normalized spacial score (nSPS) is 11.4. The first-order valence-electron chi connectivity index (χ1n) is 4.67. The van der Waals surface area contributed by atoms with Crippen LogP contribution in [0.15, 0.2) is 16.9 Å². The highest BCUT2D eigenvalue weighted by molar-refractivity contribution is 9.10. The van der Waals surface area contributed by atoms with Gasteiger partial charge >= 0.3 is 13.2 Å². The van der Waals surface area contributed by atoms with E-state index < -0.39 is 18.8 Å². The molecule has 0 aliphatic heterocycles. The Hall–Kier alpha value is -0.785. The van der Waals surface area contributed by atoms with Gasteiger partial charge in [0.15, 0.2) is 0 Å². The molecule has 0 unspecified atom stereocenters. The van der Waals surface area contributed by atoms with Gasteiger partial charge in [0.2, 0.25) is 0 Å². The van der Waals surface area contributed by atoms with Gasteiger partial charge in [-0.15, -0.1) is 0 Å². The average molecular weight is 290 g/mol. The fourth-order valence-corrected chi connectivity index (χ4v) is 1.58. The molecule has 1 heterocycles. The number of ether oxygens (including phenoxy) is 1. The van der Waals surface area contributed by atoms with Gasteiger partial charge < -0.3 is 14.8 Å². The van der Waals surface area contributed by atoms with Gasteiger partial charge in [0.25, 0.3) is 0 Å². The van der Waals surface area contributed by atoms with Gasteiger partial charge in [-0.3, -0.25) is 4.57 Å². The summed E-state index contributed by atoms with van der Waals surface area (Å²) in [6.07, 6.45) is 2.16. The minimum Gasteiger partial charge on any atom is -0.443 e. The van der Waals surface area contributed by atoms with Gasteiger partial charge in [0, 0.05) is 22.3 Å². The number of carbonyl (C=O) groups is 1. The van der Waals surface area contributed by atoms with Crippen LogP contribution in [0.1, 0.15) is 20.8 Å². The largest absolute Gasteiger partial charge is 0.491 e. The van der Waals surface area contributed by atoms with Crippen molar-refractivity contribution in [2.24, 2.45) is 0 Å². The van der Waals surface area contributed by atoms with Crippen molar-refractivity contribution in [1.29, 1.82) is 0 Å². The van der Waals surface area contributed by atoms with Gasteiger partial charge in [-0.1, -0.05) is 0 Å². The SMILES string of the molecule is CC(C)(C)OC(=O)n1cc(Br)c(B(O)O)c1. The van der Waals surface area contributed by atoms with E-state index in [4.69, 9.17) is 14.8 Å². The van der Waals surface area contributed by atoms with Gasteiger partial charge in [-0.2, -0.15) is 0 Å². The van der Waals surface area contributed by atoms with E-state index >= 15 is 0 Å². The van der Waals surface area contributed by atoms with Crippen LogP contribution in [0.3, 0.4) is 0 Å². The van der Waals surface area contributed by atoms with E-state index in [2.05, 4.69) is 15.9 Å². The molecule has 1 rings (SSSR count). The molecule has 5 nitrogen and oxygen atoms in total. The van der Waals surface area contributed by atoms with Crippen LogP contribution in [0.5, 0.6) is 0 Å². The highest BCUT2D eigenvalue weighted by atomic mass is 79.9. The second-order valence-corrected chi connectivity index (χ2v) is 5.18. The number of nitrogens with zero attached hydrogens (tertiary/aromatic N) is 1. The van der Waals surface area contributed by atoms with Crippen LogP contribution in [-0.4, -0.2) is 33.4 Å². The summed E-state index contributed by atoms with van der Waals surface area (Å²) in [5.74, 6) is 0. The minimum atomic E-state index is -1.63. The van der Waals surface area contributed by atoms with E-state index in [1.54, 1.807) is 20.8 Å². The third kappa shape index (κ3) is 3.36. The molecule has 0 atom stereocenters. The molecule has 0 amide bonds. The molecule has 0 saturated carbocycles. The zero-order valence-electron chi connectivity index (χ0n) is 9.27. The molecular formula is C9H13BBrNO4. The van der Waals surface area contributed by atoms with Crippen molar-refractivity contribution in [3.8, 4) is 0 Å². The van der Waals surface area contributed by atoms with Crippen molar-refractivity contribution >= 4 is 34.6 Å². The lowest BCUT2D eigenvalue weighted by Gasteiger charge is -2.19. The van der Waals surface area contributed by atoms with Crippen molar-refractivity contribution in [3.63, 3.8) is 0 Å². The van der Waals surface area contributed by atoms with Gasteiger partial charge in [0.1, 0.15) is 5.60 Å². The lowest BCUT2D eigenvalue weighted by atomic mass is 9.83. The molecule has 2 N–H and O–H groups in total. The van der Waals surface area contributed by atoms with E-state index in [0.29, 0.717) is 4.47 Å². The van der Waals surface area contributed by atoms with E-state index in [-0.39, 0.29) is 5.46 Å². The quantitative estimate of drug-likeness (QED) is 0.747. The fraction of sp³-hybridized carbons (Fsp3) is 0.444. The number of aromatic nitrogens is 1. The van der Waals surface area contributed by atoms with Gasteiger partial charge in [-0.25, -0.2) is 4.79 Å². The fourth-order valence-electron chi connectivity index (χ4n) is 1.06. The summed E-state index contributed by atoms with van der Waals surface area (Å²) in [4.78, 5) is 11.6. The molecular weight excluding hydrogens is 277 g/mol. The minimum absolute atomic E-state index is 0.214. The molecule has 0 aromatic carbocycles. The molecule has 0 aliphatic carbocycles. The summed E-state index contributed by atoms with van der Waals surface area (Å²) in [5, 5.41) is 18.0. The Kier molecular flexibility index (Phi) is 3.82. The smallest absolute Gasteiger partial charge is 0.443 e. The zero-order chi connectivity index (χ0) is 12.5. The summed E-state index contributed by atoms with van der Waals surface area (Å²) in [7, 11) is -1.63. The van der Waals surface area contributed by atoms with Crippen molar-refractivity contribution in [2.75, 3.05) is 0 Å². The first kappa shape index (κ1) is 13.3. The van der Waals surface area contributed by atoms with Crippen molar-refractivity contribution < 1.29 is 19.6 Å². The van der Waals surface area contributed by atoms with E-state index in [0.717, 1.165) is 4.57 Å². The second kappa shape index (κ2) is 4.61. The van der Waals surface area contributed by atoms with E-state index in [9.17, 15) is 4.79 Å². The van der Waals surface area contributed by atoms with Crippen molar-refractivity contribution in [2.45, 2.75) is 26.4 Å². The molecule has 88 valence electrons. The first-order valence-corrected chi connectivity index (χ1v) is 5.47. The maximum absolute atomic E-state index is 11.6. The number of rotatable bonds is 1. The Labute approximate surface area is 102 Å². The molecule has 0 aliphatic rings. The van der Waals surface area contributed by atoms with Crippen LogP contribution < -0.4 is 5.46 Å². The van der Waals surface area contributed by atoms with Crippen molar-refractivity contribution in [3.05, 3.63) is 16.9 Å². The summed E-state index contributed by atoms with van der Waals surface area (Å²) in [5.41, 5.74) is -0.378. The summed E-state index contributed by atoms with van der Waals surface area (Å²) in [6, 6.07) is 0. The van der Waals surface area contributed by atoms with Crippen LogP contribution in [0, 0.1) is 0 Å². The highest BCUT2D eigenvalue weighted by Crippen LogP contribution is 2.12. The standard InChI is InChI=1S/C9H13BBrNO4/c1-9(2,3)16-8(13)12-4-6(10(14)15)7(11)5-12/h4-5,14-15H,1-3H3. The molecule has 0 spiro atoms. The Morgan fingerprint density at radius 3 is 2.38 bits per heavy atom. The predicted molar refractivity (Wildman–Crippen MR) is 63.6 cm³/mol. The second-order valence-electron chi connectivity index (χ2n) is 4.32. The highest BCUT2D eigenvalue weighted by Gasteiger charge is 2.22. The molecule has 7 heteroatoms. The molecule has 0 radical (unpaired) electrons. The van der Waals surface area contributed by atoms with Crippen molar-refractivity contribution in [1.82, 2.24) is 4.57 Å². The number of carbonyl (C=O) groups excluding carboxylic acids is 1. The number of hydrogen-bond acceptors (Lipinski definition) is 4. The number of halogens is 1. The monoisotopic (exact) mass is 289 g/mol. The lowest BCUT2D eigenvalue weighted by molar-refractivity contribution is 0.0537. The Morgan fingerprint density at radius 2 is 2.00 bits per heavy atom.